The highest BCUT2D eigenvalue weighted by Gasteiger charge is 2.26. The molecule has 1 aromatic heterocycles. The Kier molecular flexibility index (Phi) is 7.38. The molecule has 2 aromatic carbocycles. The minimum absolute atomic E-state index is 0.171. The van der Waals surface area contributed by atoms with Crippen LogP contribution in [0, 0.1) is 5.82 Å². The number of ether oxygens (including phenoxy) is 1. The molecule has 10 heteroatoms. The zero-order valence-corrected chi connectivity index (χ0v) is 20.0. The molecule has 7 nitrogen and oxygen atoms in total. The number of nitrogens with zero attached hydrogens (tertiary/aromatic N) is 3. The topological polar surface area (TPSA) is 81.0 Å². The maximum absolute atomic E-state index is 13.7. The van der Waals surface area contributed by atoms with Crippen LogP contribution in [0.25, 0.3) is 10.2 Å². The number of halogens is 1. The maximum atomic E-state index is 13.7. The number of benzene rings is 2. The lowest BCUT2D eigenvalue weighted by atomic mass is 10.2. The number of rotatable bonds is 7. The average molecular weight is 492 g/mol. The Morgan fingerprint density at radius 2 is 1.85 bits per heavy atom. The summed E-state index contributed by atoms with van der Waals surface area (Å²) in [5, 5.41) is 0. The highest BCUT2D eigenvalue weighted by atomic mass is 32.2. The van der Waals surface area contributed by atoms with Crippen molar-refractivity contribution in [1.29, 1.82) is 0 Å². The lowest BCUT2D eigenvalue weighted by Gasteiger charge is -2.25. The maximum Gasteiger partial charge on any atom is 0.279 e. The summed E-state index contributed by atoms with van der Waals surface area (Å²) >= 11 is 1.22. The fourth-order valence-electron chi connectivity index (χ4n) is 3.82. The molecule has 0 bridgehead atoms. The van der Waals surface area contributed by atoms with Crippen LogP contribution in [0.3, 0.4) is 0 Å². The fraction of sp³-hybridized carbons (Fsp3) is 0.391. The third-order valence-electron chi connectivity index (χ3n) is 5.56. The minimum Gasteiger partial charge on any atom is -0.380 e. The second-order valence-electron chi connectivity index (χ2n) is 7.75. The first kappa shape index (κ1) is 23.7. The van der Waals surface area contributed by atoms with Gasteiger partial charge in [0, 0.05) is 31.8 Å². The molecule has 3 aromatic rings. The number of amides is 1. The second-order valence-corrected chi connectivity index (χ2v) is 10.7. The second kappa shape index (κ2) is 10.3. The fourth-order valence-corrected chi connectivity index (χ4v) is 6.42. The van der Waals surface area contributed by atoms with Crippen molar-refractivity contribution in [2.75, 3.05) is 26.3 Å². The first-order chi connectivity index (χ1) is 15.9. The van der Waals surface area contributed by atoms with Gasteiger partial charge in [0.05, 0.1) is 21.7 Å². The van der Waals surface area contributed by atoms with Crippen molar-refractivity contribution < 1.29 is 22.3 Å². The summed E-state index contributed by atoms with van der Waals surface area (Å²) < 4.78 is 48.8. The molecule has 1 saturated heterocycles. The van der Waals surface area contributed by atoms with Crippen LogP contribution in [0.4, 0.5) is 4.39 Å². The van der Waals surface area contributed by atoms with E-state index in [-0.39, 0.29) is 16.3 Å². The van der Waals surface area contributed by atoms with Gasteiger partial charge in [-0.3, -0.25) is 4.79 Å². The Morgan fingerprint density at radius 3 is 2.55 bits per heavy atom. The quantitative estimate of drug-likeness (QED) is 0.471. The molecule has 176 valence electrons. The van der Waals surface area contributed by atoms with Crippen molar-refractivity contribution in [2.24, 2.45) is 4.99 Å². The molecule has 33 heavy (non-hydrogen) atoms. The van der Waals surface area contributed by atoms with E-state index in [2.05, 4.69) is 4.99 Å². The molecule has 2 heterocycles. The van der Waals surface area contributed by atoms with E-state index in [0.717, 1.165) is 24.8 Å². The van der Waals surface area contributed by atoms with Crippen LogP contribution in [0.1, 0.15) is 36.5 Å². The van der Waals surface area contributed by atoms with Crippen LogP contribution < -0.4 is 4.80 Å². The molecule has 0 spiro atoms. The van der Waals surface area contributed by atoms with Crippen LogP contribution in [0.2, 0.25) is 0 Å². The third kappa shape index (κ3) is 5.24. The van der Waals surface area contributed by atoms with Crippen molar-refractivity contribution in [3.8, 4) is 0 Å². The van der Waals surface area contributed by atoms with E-state index < -0.39 is 15.9 Å². The number of hydrogen-bond donors (Lipinski definition) is 0. The molecule has 4 rings (SSSR count). The molecular formula is C23H26FN3O4S2. The molecular weight excluding hydrogens is 465 g/mol. The molecule has 0 N–H and O–H groups in total. The molecule has 0 radical (unpaired) electrons. The summed E-state index contributed by atoms with van der Waals surface area (Å²) in [7, 11) is -3.56. The van der Waals surface area contributed by atoms with Gasteiger partial charge in [-0.15, -0.1) is 0 Å². The van der Waals surface area contributed by atoms with Gasteiger partial charge in [-0.05, 0) is 62.2 Å². The summed E-state index contributed by atoms with van der Waals surface area (Å²) in [4.78, 5) is 17.7. The van der Waals surface area contributed by atoms with Crippen LogP contribution in [0.15, 0.2) is 52.4 Å². The lowest BCUT2D eigenvalue weighted by Crippen LogP contribution is -2.35. The molecule has 1 fully saturated rings. The summed E-state index contributed by atoms with van der Waals surface area (Å²) in [5.41, 5.74) is 1.06. The lowest BCUT2D eigenvalue weighted by molar-refractivity contribution is 0.0996. The van der Waals surface area contributed by atoms with Gasteiger partial charge >= 0.3 is 0 Å². The van der Waals surface area contributed by atoms with Crippen LogP contribution in [-0.2, 0) is 21.3 Å². The Hall–Kier alpha value is -2.40. The summed E-state index contributed by atoms with van der Waals surface area (Å²) in [5.74, 6) is -0.849. The van der Waals surface area contributed by atoms with E-state index in [1.54, 1.807) is 6.07 Å². The number of carbonyl (C=O) groups excluding carboxylic acids is 1. The molecule has 1 amide bonds. The standard InChI is InChI=1S/C23H26FN3O4S2/c1-2-31-15-14-27-20-11-8-18(24)16-21(20)32-23(27)25-22(28)17-6-9-19(10-7-17)33(29,30)26-12-4-3-5-13-26/h6-11,16H,2-5,12-15H2,1H3. The highest BCUT2D eigenvalue weighted by Crippen LogP contribution is 2.22. The number of piperidine rings is 1. The van der Waals surface area contributed by atoms with Crippen LogP contribution in [0.5, 0.6) is 0 Å². The third-order valence-corrected chi connectivity index (χ3v) is 8.51. The van der Waals surface area contributed by atoms with Crippen molar-refractivity contribution in [1.82, 2.24) is 8.87 Å². The van der Waals surface area contributed by atoms with E-state index in [9.17, 15) is 17.6 Å². The SMILES string of the molecule is CCOCCn1c(=NC(=O)c2ccc(S(=O)(=O)N3CCCCC3)cc2)sc2cc(F)ccc21. The van der Waals surface area contributed by atoms with Gasteiger partial charge in [0.2, 0.25) is 10.0 Å². The number of aromatic nitrogens is 1. The van der Waals surface area contributed by atoms with Gasteiger partial charge < -0.3 is 9.30 Å². The number of thiazole rings is 1. The summed E-state index contributed by atoms with van der Waals surface area (Å²) in [6.45, 7) is 4.41. The Balaban J connectivity index is 1.63. The van der Waals surface area contributed by atoms with Crippen molar-refractivity contribution in [3.63, 3.8) is 0 Å². The van der Waals surface area contributed by atoms with Crippen molar-refractivity contribution >= 4 is 37.5 Å². The first-order valence-corrected chi connectivity index (χ1v) is 13.2. The highest BCUT2D eigenvalue weighted by molar-refractivity contribution is 7.89. The zero-order valence-electron chi connectivity index (χ0n) is 18.4. The number of hydrogen-bond acceptors (Lipinski definition) is 5. The van der Waals surface area contributed by atoms with E-state index in [1.807, 2.05) is 11.5 Å². The first-order valence-electron chi connectivity index (χ1n) is 11.0. The molecule has 0 unspecified atom stereocenters. The summed E-state index contributed by atoms with van der Waals surface area (Å²) in [6, 6.07) is 10.3. The predicted molar refractivity (Wildman–Crippen MR) is 125 cm³/mol. The van der Waals surface area contributed by atoms with Gasteiger partial charge in [-0.1, -0.05) is 17.8 Å². The number of carbonyl (C=O) groups is 1. The Labute approximate surface area is 196 Å². The number of sulfonamides is 1. The Morgan fingerprint density at radius 1 is 1.12 bits per heavy atom. The minimum atomic E-state index is -3.56. The number of fused-ring (bicyclic) bond motifs is 1. The predicted octanol–water partition coefficient (Wildman–Crippen LogP) is 3.79. The van der Waals surface area contributed by atoms with Gasteiger partial charge in [0.1, 0.15) is 5.82 Å². The van der Waals surface area contributed by atoms with Gasteiger partial charge in [-0.25, -0.2) is 12.8 Å². The van der Waals surface area contributed by atoms with Crippen LogP contribution >= 0.6 is 11.3 Å². The van der Waals surface area contributed by atoms with Crippen molar-refractivity contribution in [2.45, 2.75) is 37.6 Å². The van der Waals surface area contributed by atoms with Gasteiger partial charge in [-0.2, -0.15) is 9.30 Å². The Bertz CT molecular complexity index is 1310. The van der Waals surface area contributed by atoms with E-state index in [1.165, 1.54) is 52.0 Å². The normalized spacial score (nSPS) is 15.9. The van der Waals surface area contributed by atoms with Crippen LogP contribution in [-0.4, -0.2) is 49.5 Å². The monoisotopic (exact) mass is 491 g/mol. The van der Waals surface area contributed by atoms with Crippen molar-refractivity contribution in [3.05, 3.63) is 58.6 Å². The molecule has 1 aliphatic rings. The average Bonchev–Trinajstić information content (AvgIpc) is 3.15. The largest absolute Gasteiger partial charge is 0.380 e. The molecule has 0 atom stereocenters. The summed E-state index contributed by atoms with van der Waals surface area (Å²) in [6.07, 6.45) is 2.75. The molecule has 1 aliphatic heterocycles. The molecule has 0 aliphatic carbocycles. The van der Waals surface area contributed by atoms with Gasteiger partial charge in [0.25, 0.3) is 5.91 Å². The zero-order chi connectivity index (χ0) is 23.4. The molecule has 0 saturated carbocycles. The smallest absolute Gasteiger partial charge is 0.279 e. The van der Waals surface area contributed by atoms with E-state index in [4.69, 9.17) is 4.74 Å². The van der Waals surface area contributed by atoms with E-state index >= 15 is 0 Å². The van der Waals surface area contributed by atoms with E-state index in [0.29, 0.717) is 42.3 Å². The van der Waals surface area contributed by atoms with Gasteiger partial charge in [0.15, 0.2) is 4.80 Å².